The summed E-state index contributed by atoms with van der Waals surface area (Å²) >= 11 is 0. The van der Waals surface area contributed by atoms with Gasteiger partial charge in [-0.2, -0.15) is 0 Å². The number of nitrogens with zero attached hydrogens (tertiary/aromatic N) is 1. The van der Waals surface area contributed by atoms with Crippen LogP contribution in [0.2, 0.25) is 0 Å². The van der Waals surface area contributed by atoms with Crippen molar-refractivity contribution in [2.24, 2.45) is 11.8 Å². The van der Waals surface area contributed by atoms with E-state index in [9.17, 15) is 4.79 Å². The molecule has 1 aromatic heterocycles. The molecule has 1 aliphatic rings. The lowest BCUT2D eigenvalue weighted by Gasteiger charge is -2.12. The molecule has 0 saturated heterocycles. The fourth-order valence-corrected chi connectivity index (χ4v) is 1.71. The minimum atomic E-state index is 0.00602. The van der Waals surface area contributed by atoms with Crippen LogP contribution < -0.4 is 5.32 Å². The number of carbonyl (C=O) groups excluding carboxylic acids is 1. The highest BCUT2D eigenvalue weighted by Gasteiger charge is 2.39. The molecule has 0 spiro atoms. The van der Waals surface area contributed by atoms with Gasteiger partial charge >= 0.3 is 0 Å². The standard InChI is InChI=1S/C12H16N2O/c1-8-7-10(8)12(15)14-9(2)11-5-3-4-6-13-11/h3-6,8-10H,7H2,1-2H3,(H,14,15). The first-order chi connectivity index (χ1) is 7.18. The van der Waals surface area contributed by atoms with Crippen LogP contribution in [-0.4, -0.2) is 10.9 Å². The van der Waals surface area contributed by atoms with Crippen molar-refractivity contribution >= 4 is 5.91 Å². The molecule has 3 atom stereocenters. The quantitative estimate of drug-likeness (QED) is 0.817. The maximum absolute atomic E-state index is 11.7. The Balaban J connectivity index is 1.92. The third-order valence-electron chi connectivity index (χ3n) is 2.94. The molecule has 0 aromatic carbocycles. The molecule has 3 unspecified atom stereocenters. The number of carbonyl (C=O) groups is 1. The Morgan fingerprint density at radius 3 is 2.87 bits per heavy atom. The Labute approximate surface area is 89.9 Å². The number of pyridine rings is 1. The molecule has 1 saturated carbocycles. The Hall–Kier alpha value is -1.38. The molecule has 1 fully saturated rings. The van der Waals surface area contributed by atoms with Gasteiger partial charge in [-0.3, -0.25) is 9.78 Å². The van der Waals surface area contributed by atoms with E-state index >= 15 is 0 Å². The molecular weight excluding hydrogens is 188 g/mol. The van der Waals surface area contributed by atoms with Gasteiger partial charge < -0.3 is 5.32 Å². The molecule has 1 aliphatic carbocycles. The van der Waals surface area contributed by atoms with Crippen molar-refractivity contribution in [1.82, 2.24) is 10.3 Å². The lowest BCUT2D eigenvalue weighted by Crippen LogP contribution is -2.28. The minimum absolute atomic E-state index is 0.00602. The van der Waals surface area contributed by atoms with E-state index in [0.717, 1.165) is 12.1 Å². The number of amides is 1. The molecule has 3 nitrogen and oxygen atoms in total. The van der Waals surface area contributed by atoms with Crippen LogP contribution in [0.1, 0.15) is 32.0 Å². The molecule has 80 valence electrons. The fraction of sp³-hybridized carbons (Fsp3) is 0.500. The highest BCUT2D eigenvalue weighted by Crippen LogP contribution is 2.38. The van der Waals surface area contributed by atoms with Gasteiger partial charge in [-0.25, -0.2) is 0 Å². The van der Waals surface area contributed by atoms with Gasteiger partial charge in [-0.05, 0) is 31.4 Å². The van der Waals surface area contributed by atoms with Crippen molar-refractivity contribution in [3.05, 3.63) is 30.1 Å². The van der Waals surface area contributed by atoms with E-state index in [2.05, 4.69) is 17.2 Å². The molecule has 2 rings (SSSR count). The van der Waals surface area contributed by atoms with E-state index in [-0.39, 0.29) is 17.9 Å². The van der Waals surface area contributed by atoms with Crippen molar-refractivity contribution in [2.45, 2.75) is 26.3 Å². The van der Waals surface area contributed by atoms with Crippen LogP contribution in [0.3, 0.4) is 0 Å². The molecule has 0 bridgehead atoms. The average molecular weight is 204 g/mol. The Bertz CT molecular complexity index is 350. The Morgan fingerprint density at radius 2 is 2.33 bits per heavy atom. The van der Waals surface area contributed by atoms with Gasteiger partial charge in [0.15, 0.2) is 0 Å². The van der Waals surface area contributed by atoms with E-state index in [4.69, 9.17) is 0 Å². The smallest absolute Gasteiger partial charge is 0.223 e. The fourth-order valence-electron chi connectivity index (χ4n) is 1.71. The van der Waals surface area contributed by atoms with E-state index in [1.54, 1.807) is 6.20 Å². The second-order valence-corrected chi connectivity index (χ2v) is 4.30. The van der Waals surface area contributed by atoms with E-state index in [1.807, 2.05) is 25.1 Å². The Morgan fingerprint density at radius 1 is 1.60 bits per heavy atom. The first kappa shape index (κ1) is 10.1. The van der Waals surface area contributed by atoms with Crippen LogP contribution in [0.15, 0.2) is 24.4 Å². The third kappa shape index (κ3) is 2.35. The summed E-state index contributed by atoms with van der Waals surface area (Å²) < 4.78 is 0. The minimum Gasteiger partial charge on any atom is -0.348 e. The summed E-state index contributed by atoms with van der Waals surface area (Å²) in [6.07, 6.45) is 2.78. The zero-order valence-corrected chi connectivity index (χ0v) is 9.10. The van der Waals surface area contributed by atoms with Crippen LogP contribution in [0, 0.1) is 11.8 Å². The van der Waals surface area contributed by atoms with Gasteiger partial charge in [-0.1, -0.05) is 13.0 Å². The van der Waals surface area contributed by atoms with Crippen molar-refractivity contribution in [3.63, 3.8) is 0 Å². The lowest BCUT2D eigenvalue weighted by molar-refractivity contribution is -0.123. The van der Waals surface area contributed by atoms with Crippen molar-refractivity contribution in [2.75, 3.05) is 0 Å². The van der Waals surface area contributed by atoms with Gasteiger partial charge in [0.1, 0.15) is 0 Å². The zero-order valence-electron chi connectivity index (χ0n) is 9.10. The molecule has 15 heavy (non-hydrogen) atoms. The predicted octanol–water partition coefficient (Wildman–Crippen LogP) is 1.91. The SMILES string of the molecule is CC(NC(=O)C1CC1C)c1ccccn1. The highest BCUT2D eigenvalue weighted by atomic mass is 16.2. The maximum atomic E-state index is 11.7. The van der Waals surface area contributed by atoms with Crippen molar-refractivity contribution < 1.29 is 4.79 Å². The van der Waals surface area contributed by atoms with Crippen LogP contribution >= 0.6 is 0 Å². The van der Waals surface area contributed by atoms with Crippen LogP contribution in [0.4, 0.5) is 0 Å². The number of aromatic nitrogens is 1. The average Bonchev–Trinajstić information content (AvgIpc) is 2.97. The normalized spacial score (nSPS) is 25.7. The topological polar surface area (TPSA) is 42.0 Å². The predicted molar refractivity (Wildman–Crippen MR) is 58.1 cm³/mol. The molecule has 0 aliphatic heterocycles. The van der Waals surface area contributed by atoms with Gasteiger partial charge in [-0.15, -0.1) is 0 Å². The molecule has 0 radical (unpaired) electrons. The number of nitrogens with one attached hydrogen (secondary N) is 1. The number of hydrogen-bond donors (Lipinski definition) is 1. The second kappa shape index (κ2) is 4.01. The van der Waals surface area contributed by atoms with Crippen LogP contribution in [0.25, 0.3) is 0 Å². The summed E-state index contributed by atoms with van der Waals surface area (Å²) in [5.41, 5.74) is 0.916. The second-order valence-electron chi connectivity index (χ2n) is 4.30. The third-order valence-corrected chi connectivity index (χ3v) is 2.94. The van der Waals surface area contributed by atoms with E-state index in [0.29, 0.717) is 5.92 Å². The summed E-state index contributed by atoms with van der Waals surface area (Å²) in [5.74, 6) is 0.956. The summed E-state index contributed by atoms with van der Waals surface area (Å²) in [4.78, 5) is 15.9. The van der Waals surface area contributed by atoms with Crippen molar-refractivity contribution in [3.8, 4) is 0 Å². The van der Waals surface area contributed by atoms with Crippen LogP contribution in [-0.2, 0) is 4.79 Å². The number of hydrogen-bond acceptors (Lipinski definition) is 2. The molecule has 1 aromatic rings. The largest absolute Gasteiger partial charge is 0.348 e. The Kier molecular flexibility index (Phi) is 2.71. The molecule has 1 amide bonds. The van der Waals surface area contributed by atoms with Crippen LogP contribution in [0.5, 0.6) is 0 Å². The van der Waals surface area contributed by atoms with Gasteiger partial charge in [0.2, 0.25) is 5.91 Å². The van der Waals surface area contributed by atoms with Crippen molar-refractivity contribution in [1.29, 1.82) is 0 Å². The highest BCUT2D eigenvalue weighted by molar-refractivity contribution is 5.81. The summed E-state index contributed by atoms with van der Waals surface area (Å²) in [7, 11) is 0. The van der Waals surface area contributed by atoms with E-state index in [1.165, 1.54) is 0 Å². The lowest BCUT2D eigenvalue weighted by atomic mass is 10.2. The van der Waals surface area contributed by atoms with Gasteiger partial charge in [0, 0.05) is 12.1 Å². The summed E-state index contributed by atoms with van der Waals surface area (Å²) in [6, 6.07) is 5.75. The molecule has 1 heterocycles. The van der Waals surface area contributed by atoms with E-state index < -0.39 is 0 Å². The summed E-state index contributed by atoms with van der Waals surface area (Å²) in [6.45, 7) is 4.07. The molecular formula is C12H16N2O. The number of rotatable bonds is 3. The monoisotopic (exact) mass is 204 g/mol. The van der Waals surface area contributed by atoms with Gasteiger partial charge in [0.25, 0.3) is 0 Å². The first-order valence-electron chi connectivity index (χ1n) is 5.40. The first-order valence-corrected chi connectivity index (χ1v) is 5.40. The maximum Gasteiger partial charge on any atom is 0.223 e. The van der Waals surface area contributed by atoms with Gasteiger partial charge in [0.05, 0.1) is 11.7 Å². The molecule has 3 heteroatoms. The molecule has 1 N–H and O–H groups in total. The summed E-state index contributed by atoms with van der Waals surface area (Å²) in [5, 5.41) is 2.99. The zero-order chi connectivity index (χ0) is 10.8.